The Morgan fingerprint density at radius 3 is 2.52 bits per heavy atom. The largest absolute Gasteiger partial charge is 0.465 e. The van der Waals surface area contributed by atoms with Crippen LogP contribution in [0.1, 0.15) is 17.5 Å². The minimum absolute atomic E-state index is 0.111. The lowest BCUT2D eigenvalue weighted by Gasteiger charge is -2.33. The van der Waals surface area contributed by atoms with Crippen molar-refractivity contribution in [3.8, 4) is 6.07 Å². The summed E-state index contributed by atoms with van der Waals surface area (Å²) in [6, 6.07) is 9.31. The predicted molar refractivity (Wildman–Crippen MR) is 88.4 cm³/mol. The standard InChI is InChI=1S/C17H24N4O2/c1-20-8-10-21(11-9-20)7-6-16(19-17(22)23)12-14-2-4-15(13-18)5-3-14/h2-5,16,19H,6-12H2,1H3,(H,22,23). The van der Waals surface area contributed by atoms with Crippen LogP contribution in [0, 0.1) is 11.3 Å². The van der Waals surface area contributed by atoms with Crippen LogP contribution in [0.3, 0.4) is 0 Å². The van der Waals surface area contributed by atoms with Crippen LogP contribution >= 0.6 is 0 Å². The van der Waals surface area contributed by atoms with Crippen LogP contribution in [0.15, 0.2) is 24.3 Å². The molecule has 23 heavy (non-hydrogen) atoms. The van der Waals surface area contributed by atoms with E-state index >= 15 is 0 Å². The van der Waals surface area contributed by atoms with E-state index in [-0.39, 0.29) is 6.04 Å². The number of hydrogen-bond acceptors (Lipinski definition) is 4. The van der Waals surface area contributed by atoms with E-state index in [1.54, 1.807) is 12.1 Å². The Bertz CT molecular complexity index is 545. The zero-order valence-corrected chi connectivity index (χ0v) is 13.5. The monoisotopic (exact) mass is 316 g/mol. The quantitative estimate of drug-likeness (QED) is 0.829. The van der Waals surface area contributed by atoms with Gasteiger partial charge in [-0.15, -0.1) is 0 Å². The second-order valence-corrected chi connectivity index (χ2v) is 6.09. The maximum absolute atomic E-state index is 11.0. The lowest BCUT2D eigenvalue weighted by Crippen LogP contribution is -2.46. The summed E-state index contributed by atoms with van der Waals surface area (Å²) in [7, 11) is 2.12. The normalized spacial score (nSPS) is 17.4. The van der Waals surface area contributed by atoms with Gasteiger partial charge in [0.25, 0.3) is 0 Å². The van der Waals surface area contributed by atoms with Crippen LogP contribution in [0.2, 0.25) is 0 Å². The maximum atomic E-state index is 11.0. The number of nitrogens with zero attached hydrogens (tertiary/aromatic N) is 3. The van der Waals surface area contributed by atoms with Crippen molar-refractivity contribution in [1.82, 2.24) is 15.1 Å². The highest BCUT2D eigenvalue weighted by Gasteiger charge is 2.17. The number of benzene rings is 1. The van der Waals surface area contributed by atoms with Gasteiger partial charge in [-0.1, -0.05) is 12.1 Å². The molecule has 1 aromatic rings. The number of rotatable bonds is 6. The molecule has 1 unspecified atom stereocenters. The Morgan fingerprint density at radius 1 is 1.30 bits per heavy atom. The summed E-state index contributed by atoms with van der Waals surface area (Å²) in [5, 5.41) is 20.5. The Hall–Kier alpha value is -2.10. The maximum Gasteiger partial charge on any atom is 0.404 e. The first-order chi connectivity index (χ1) is 11.1. The number of nitrogens with one attached hydrogen (secondary N) is 1. The van der Waals surface area contributed by atoms with Crippen LogP contribution in [0.4, 0.5) is 4.79 Å². The Labute approximate surface area is 137 Å². The Morgan fingerprint density at radius 2 is 1.96 bits per heavy atom. The van der Waals surface area contributed by atoms with Crippen LogP contribution in [0.5, 0.6) is 0 Å². The molecule has 6 nitrogen and oxygen atoms in total. The molecule has 1 fully saturated rings. The second kappa shape index (κ2) is 8.51. The zero-order valence-electron chi connectivity index (χ0n) is 13.5. The van der Waals surface area contributed by atoms with E-state index < -0.39 is 6.09 Å². The third-order valence-electron chi connectivity index (χ3n) is 4.28. The van der Waals surface area contributed by atoms with Crippen molar-refractivity contribution < 1.29 is 9.90 Å². The molecule has 6 heteroatoms. The number of likely N-dealkylation sites (N-methyl/N-ethyl adjacent to an activating group) is 1. The molecular formula is C17H24N4O2. The first-order valence-electron chi connectivity index (χ1n) is 7.96. The molecule has 0 spiro atoms. The molecule has 0 saturated carbocycles. The Balaban J connectivity index is 1.88. The van der Waals surface area contributed by atoms with E-state index in [0.29, 0.717) is 12.0 Å². The van der Waals surface area contributed by atoms with E-state index in [2.05, 4.69) is 28.2 Å². The first kappa shape index (κ1) is 17.3. The molecule has 2 N–H and O–H groups in total. The molecule has 1 heterocycles. The average molecular weight is 316 g/mol. The highest BCUT2D eigenvalue weighted by atomic mass is 16.4. The molecule has 1 aromatic carbocycles. The van der Waals surface area contributed by atoms with E-state index in [0.717, 1.165) is 44.7 Å². The van der Waals surface area contributed by atoms with E-state index in [9.17, 15) is 4.79 Å². The van der Waals surface area contributed by atoms with Crippen molar-refractivity contribution in [2.75, 3.05) is 39.8 Å². The summed E-state index contributed by atoms with van der Waals surface area (Å²) >= 11 is 0. The highest BCUT2D eigenvalue weighted by molar-refractivity contribution is 5.64. The van der Waals surface area contributed by atoms with Gasteiger partial charge < -0.3 is 20.2 Å². The number of hydrogen-bond donors (Lipinski definition) is 2. The molecule has 1 amide bonds. The smallest absolute Gasteiger partial charge is 0.404 e. The van der Waals surface area contributed by atoms with Crippen molar-refractivity contribution in [3.63, 3.8) is 0 Å². The van der Waals surface area contributed by atoms with Gasteiger partial charge in [0.05, 0.1) is 11.6 Å². The second-order valence-electron chi connectivity index (χ2n) is 6.09. The summed E-state index contributed by atoms with van der Waals surface area (Å²) in [5.41, 5.74) is 1.66. The van der Waals surface area contributed by atoms with Gasteiger partial charge in [-0.3, -0.25) is 0 Å². The SMILES string of the molecule is CN1CCN(CCC(Cc2ccc(C#N)cc2)NC(=O)O)CC1. The van der Waals surface area contributed by atoms with Crippen LogP contribution in [-0.2, 0) is 6.42 Å². The van der Waals surface area contributed by atoms with Crippen LogP contribution in [0.25, 0.3) is 0 Å². The third kappa shape index (κ3) is 5.89. The molecule has 0 radical (unpaired) electrons. The molecule has 124 valence electrons. The summed E-state index contributed by atoms with van der Waals surface area (Å²) in [6.45, 7) is 5.09. The van der Waals surface area contributed by atoms with Crippen molar-refractivity contribution in [2.24, 2.45) is 0 Å². The fourth-order valence-corrected chi connectivity index (χ4v) is 2.81. The molecule has 1 aliphatic rings. The van der Waals surface area contributed by atoms with Gasteiger partial charge in [-0.25, -0.2) is 4.79 Å². The fourth-order valence-electron chi connectivity index (χ4n) is 2.81. The molecule has 0 bridgehead atoms. The third-order valence-corrected chi connectivity index (χ3v) is 4.28. The predicted octanol–water partition coefficient (Wildman–Crippen LogP) is 1.37. The molecule has 1 saturated heterocycles. The van der Waals surface area contributed by atoms with E-state index in [1.807, 2.05) is 12.1 Å². The van der Waals surface area contributed by atoms with Crippen LogP contribution < -0.4 is 5.32 Å². The van der Waals surface area contributed by atoms with Gasteiger partial charge >= 0.3 is 6.09 Å². The van der Waals surface area contributed by atoms with Crippen molar-refractivity contribution >= 4 is 6.09 Å². The summed E-state index contributed by atoms with van der Waals surface area (Å²) in [6.07, 6.45) is 0.448. The van der Waals surface area contributed by atoms with Gasteiger partial charge in [0.2, 0.25) is 0 Å². The lowest BCUT2D eigenvalue weighted by atomic mass is 10.0. The zero-order chi connectivity index (χ0) is 16.7. The van der Waals surface area contributed by atoms with E-state index in [1.165, 1.54) is 0 Å². The van der Waals surface area contributed by atoms with Crippen molar-refractivity contribution in [1.29, 1.82) is 5.26 Å². The summed E-state index contributed by atoms with van der Waals surface area (Å²) in [4.78, 5) is 15.7. The van der Waals surface area contributed by atoms with E-state index in [4.69, 9.17) is 10.4 Å². The van der Waals surface area contributed by atoms with Gasteiger partial charge in [0, 0.05) is 38.8 Å². The molecule has 2 rings (SSSR count). The number of carbonyl (C=O) groups is 1. The van der Waals surface area contributed by atoms with Crippen molar-refractivity contribution in [2.45, 2.75) is 18.9 Å². The number of piperazine rings is 1. The van der Waals surface area contributed by atoms with Gasteiger partial charge in [-0.2, -0.15) is 5.26 Å². The minimum atomic E-state index is -0.984. The number of nitriles is 1. The molecule has 1 atom stereocenters. The molecular weight excluding hydrogens is 292 g/mol. The lowest BCUT2D eigenvalue weighted by molar-refractivity contribution is 0.147. The highest BCUT2D eigenvalue weighted by Crippen LogP contribution is 2.10. The minimum Gasteiger partial charge on any atom is -0.465 e. The van der Waals surface area contributed by atoms with Crippen molar-refractivity contribution in [3.05, 3.63) is 35.4 Å². The first-order valence-corrected chi connectivity index (χ1v) is 7.96. The summed E-state index contributed by atoms with van der Waals surface area (Å²) in [5.74, 6) is 0. The number of amides is 1. The molecule has 0 aromatic heterocycles. The molecule has 0 aliphatic carbocycles. The fraction of sp³-hybridized carbons (Fsp3) is 0.529. The van der Waals surface area contributed by atoms with Gasteiger partial charge in [-0.05, 0) is 37.6 Å². The number of carboxylic acid groups (broad SMARTS) is 1. The summed E-state index contributed by atoms with van der Waals surface area (Å²) < 4.78 is 0. The van der Waals surface area contributed by atoms with Gasteiger partial charge in [0.15, 0.2) is 0 Å². The topological polar surface area (TPSA) is 79.6 Å². The molecule has 1 aliphatic heterocycles. The Kier molecular flexibility index (Phi) is 6.39. The van der Waals surface area contributed by atoms with Crippen LogP contribution in [-0.4, -0.2) is 66.8 Å². The van der Waals surface area contributed by atoms with Gasteiger partial charge in [0.1, 0.15) is 0 Å². The average Bonchev–Trinajstić information content (AvgIpc) is 2.54.